The Morgan fingerprint density at radius 2 is 1.74 bits per heavy atom. The van der Waals surface area contributed by atoms with E-state index < -0.39 is 0 Å². The number of hydrogen-bond acceptors (Lipinski definition) is 4. The monoisotopic (exact) mass is 520 g/mol. The van der Waals surface area contributed by atoms with Crippen LogP contribution in [0.4, 0.5) is 5.69 Å². The minimum atomic E-state index is -0.00565. The smallest absolute Gasteiger partial charge is 0.254 e. The van der Waals surface area contributed by atoms with E-state index in [9.17, 15) is 9.59 Å². The van der Waals surface area contributed by atoms with E-state index in [1.807, 2.05) is 61.2 Å². The highest BCUT2D eigenvalue weighted by Gasteiger charge is 2.24. The molecule has 1 fully saturated rings. The molecule has 0 aliphatic carbocycles. The van der Waals surface area contributed by atoms with Gasteiger partial charge in [-0.1, -0.05) is 69.7 Å². The first-order valence-corrected chi connectivity index (χ1v) is 13.6. The van der Waals surface area contributed by atoms with Crippen LogP contribution in [0.5, 0.6) is 5.75 Å². The molecule has 2 aromatic rings. The van der Waals surface area contributed by atoms with Crippen LogP contribution in [0, 0.1) is 6.92 Å². The lowest BCUT2D eigenvalue weighted by atomic mass is 9.92. The zero-order chi connectivity index (χ0) is 28.1. The highest BCUT2D eigenvalue weighted by molar-refractivity contribution is 6.19. The van der Waals surface area contributed by atoms with Crippen LogP contribution < -0.4 is 20.5 Å². The third-order valence-electron chi connectivity index (χ3n) is 6.54. The number of carbonyl (C=O) groups excluding carboxylic acids is 2. The van der Waals surface area contributed by atoms with Gasteiger partial charge in [-0.15, -0.1) is 0 Å². The molecule has 1 heterocycles. The quantitative estimate of drug-likeness (QED) is 0.533. The van der Waals surface area contributed by atoms with Crippen molar-refractivity contribution in [2.45, 2.75) is 60.3 Å². The second-order valence-corrected chi connectivity index (χ2v) is 9.40. The number of benzene rings is 2. The maximum Gasteiger partial charge on any atom is 0.254 e. The first kappa shape index (κ1) is 30.8. The summed E-state index contributed by atoms with van der Waals surface area (Å²) in [4.78, 5) is 26.4. The van der Waals surface area contributed by atoms with Gasteiger partial charge in [0, 0.05) is 19.5 Å². The van der Waals surface area contributed by atoms with Crippen LogP contribution in [0.2, 0.25) is 0 Å². The van der Waals surface area contributed by atoms with Crippen molar-refractivity contribution >= 4 is 29.7 Å². The number of amides is 2. The van der Waals surface area contributed by atoms with E-state index in [1.54, 1.807) is 7.11 Å². The minimum absolute atomic E-state index is 0.00565. The Bertz CT molecular complexity index is 1230. The fourth-order valence-electron chi connectivity index (χ4n) is 4.47. The molecule has 0 bridgehead atoms. The fourth-order valence-corrected chi connectivity index (χ4v) is 4.47. The van der Waals surface area contributed by atoms with E-state index in [0.29, 0.717) is 38.5 Å². The van der Waals surface area contributed by atoms with Crippen molar-refractivity contribution in [1.29, 1.82) is 0 Å². The molecule has 38 heavy (non-hydrogen) atoms. The molecule has 0 radical (unpaired) electrons. The van der Waals surface area contributed by atoms with Crippen LogP contribution in [0.3, 0.4) is 0 Å². The zero-order valence-electron chi connectivity index (χ0n) is 24.0. The highest BCUT2D eigenvalue weighted by atomic mass is 16.5. The summed E-state index contributed by atoms with van der Waals surface area (Å²) in [6.07, 6.45) is 3.42. The Morgan fingerprint density at radius 3 is 2.32 bits per heavy atom. The molecule has 1 aliphatic heterocycles. The third-order valence-corrected chi connectivity index (χ3v) is 6.54. The van der Waals surface area contributed by atoms with Gasteiger partial charge in [-0.3, -0.25) is 9.59 Å². The Balaban J connectivity index is 0.000000308. The van der Waals surface area contributed by atoms with Crippen molar-refractivity contribution < 1.29 is 19.1 Å². The molecular formula is C32H44N2O4. The molecule has 0 spiro atoms. The summed E-state index contributed by atoms with van der Waals surface area (Å²) in [5, 5.41) is 4.65. The maximum atomic E-state index is 13.3. The lowest BCUT2D eigenvalue weighted by molar-refractivity contribution is -0.129. The third kappa shape index (κ3) is 8.59. The summed E-state index contributed by atoms with van der Waals surface area (Å²) in [5.41, 5.74) is 5.14. The number of ether oxygens (including phenoxy) is 2. The largest absolute Gasteiger partial charge is 0.495 e. The fraction of sp³-hybridized carbons (Fsp3) is 0.438. The van der Waals surface area contributed by atoms with Gasteiger partial charge < -0.3 is 19.7 Å². The summed E-state index contributed by atoms with van der Waals surface area (Å²) in [6.45, 7) is 17.0. The van der Waals surface area contributed by atoms with E-state index in [2.05, 4.69) is 32.7 Å². The molecule has 2 aromatic carbocycles. The van der Waals surface area contributed by atoms with Gasteiger partial charge in [0.05, 0.1) is 31.6 Å². The van der Waals surface area contributed by atoms with Crippen molar-refractivity contribution in [3.63, 3.8) is 0 Å². The molecule has 1 N–H and O–H groups in total. The molecule has 0 atom stereocenters. The van der Waals surface area contributed by atoms with Crippen LogP contribution in [0.25, 0.3) is 12.2 Å². The van der Waals surface area contributed by atoms with Crippen LogP contribution in [-0.2, 0) is 14.3 Å². The van der Waals surface area contributed by atoms with E-state index >= 15 is 0 Å². The van der Waals surface area contributed by atoms with Gasteiger partial charge >= 0.3 is 0 Å². The van der Waals surface area contributed by atoms with Gasteiger partial charge in [0.1, 0.15) is 5.75 Å². The van der Waals surface area contributed by atoms with E-state index in [-0.39, 0.29) is 11.8 Å². The molecule has 0 unspecified atom stereocenters. The number of nitrogens with one attached hydrogen (secondary N) is 1. The lowest BCUT2D eigenvalue weighted by Crippen LogP contribution is -2.43. The Hall–Kier alpha value is -3.38. The molecule has 206 valence electrons. The predicted molar refractivity (Wildman–Crippen MR) is 157 cm³/mol. The van der Waals surface area contributed by atoms with E-state index in [0.717, 1.165) is 46.5 Å². The Morgan fingerprint density at radius 1 is 1.05 bits per heavy atom. The van der Waals surface area contributed by atoms with Gasteiger partial charge in [0.25, 0.3) is 5.91 Å². The van der Waals surface area contributed by atoms with Gasteiger partial charge in [-0.25, -0.2) is 0 Å². The maximum absolute atomic E-state index is 13.3. The average molecular weight is 521 g/mol. The normalized spacial score (nSPS) is 14.5. The molecule has 6 nitrogen and oxygen atoms in total. The molecule has 3 rings (SSSR count). The number of hydrogen-bond donors (Lipinski definition) is 1. The number of carbonyl (C=O) groups is 2. The van der Waals surface area contributed by atoms with Gasteiger partial charge in [0.15, 0.2) is 0 Å². The number of methoxy groups -OCH3 is 1. The lowest BCUT2D eigenvalue weighted by Gasteiger charge is -2.29. The Labute approximate surface area is 228 Å². The first-order chi connectivity index (χ1) is 18.3. The number of aryl methyl sites for hydroxylation is 1. The summed E-state index contributed by atoms with van der Waals surface area (Å²) in [6, 6.07) is 13.6. The van der Waals surface area contributed by atoms with E-state index in [1.165, 1.54) is 11.1 Å². The van der Waals surface area contributed by atoms with E-state index in [4.69, 9.17) is 9.47 Å². The molecule has 6 heteroatoms. The Kier molecular flexibility index (Phi) is 12.8. The molecule has 1 aliphatic rings. The number of rotatable bonds is 8. The summed E-state index contributed by atoms with van der Waals surface area (Å²) in [5.74, 6) is 0.799. The number of nitrogens with zero attached hydrogens (tertiary/aromatic N) is 1. The molecular weight excluding hydrogens is 476 g/mol. The molecule has 1 saturated heterocycles. The van der Waals surface area contributed by atoms with Crippen LogP contribution in [-0.4, -0.2) is 50.1 Å². The highest BCUT2D eigenvalue weighted by Crippen LogP contribution is 2.25. The second kappa shape index (κ2) is 15.8. The van der Waals surface area contributed by atoms with Gasteiger partial charge in [0.2, 0.25) is 5.91 Å². The first-order valence-electron chi connectivity index (χ1n) is 13.6. The molecule has 2 amide bonds. The van der Waals surface area contributed by atoms with Crippen molar-refractivity contribution in [1.82, 2.24) is 4.90 Å². The molecule has 0 saturated carbocycles. The topological polar surface area (TPSA) is 67.9 Å². The zero-order valence-corrected chi connectivity index (χ0v) is 24.0. The summed E-state index contributed by atoms with van der Waals surface area (Å²) >= 11 is 0. The number of morpholine rings is 1. The van der Waals surface area contributed by atoms with Crippen molar-refractivity contribution in [3.8, 4) is 5.75 Å². The van der Waals surface area contributed by atoms with Crippen LogP contribution in [0.15, 0.2) is 53.6 Å². The van der Waals surface area contributed by atoms with Gasteiger partial charge in [-0.05, 0) is 60.4 Å². The second-order valence-electron chi connectivity index (χ2n) is 9.40. The van der Waals surface area contributed by atoms with Crippen LogP contribution >= 0.6 is 0 Å². The minimum Gasteiger partial charge on any atom is -0.495 e. The van der Waals surface area contributed by atoms with Gasteiger partial charge in [-0.2, -0.15) is 0 Å². The average Bonchev–Trinajstić information content (AvgIpc) is 2.93. The van der Waals surface area contributed by atoms with Crippen molar-refractivity contribution in [2.24, 2.45) is 0 Å². The van der Waals surface area contributed by atoms with Crippen molar-refractivity contribution in [2.75, 3.05) is 38.7 Å². The number of anilines is 1. The number of allylic oxidation sites excluding steroid dienone is 1. The molecule has 0 aromatic heterocycles. The van der Waals surface area contributed by atoms with Crippen LogP contribution in [0.1, 0.15) is 58.9 Å². The summed E-state index contributed by atoms with van der Waals surface area (Å²) in [7, 11) is 1.59. The standard InChI is InChI=1S/C21H29NO2.C11H15NO2/c1-5-9-16(3)18(6-2)20(19-11-8-7-10-17(19)4)21(23)22-12-14-24-15-13-22;1-4-11(13)12-9-7-8(2)5-6-10(9)14-3/h7-8,10-11H,4-6,9,12-15H2,1-3H3;5-7H,4H2,1-3H3,(H,12,13)/b18-16+,20-19+;. The van der Waals surface area contributed by atoms with Crippen molar-refractivity contribution in [3.05, 3.63) is 69.6 Å². The predicted octanol–water partition coefficient (Wildman–Crippen LogP) is 4.99. The summed E-state index contributed by atoms with van der Waals surface area (Å²) < 4.78 is 10.5. The SMILES string of the molecule is C=c1cccc/c1=C(C(=O)N1CCOCC1)/C(CC)=C(\C)CCC.CCC(=O)Nc1cc(C)ccc1OC.